The molecule has 3 nitrogen and oxygen atoms in total. The summed E-state index contributed by atoms with van der Waals surface area (Å²) in [5.41, 5.74) is 0.933. The molecule has 0 radical (unpaired) electrons. The fraction of sp³-hybridized carbons (Fsp3) is 0.286. The SMILES string of the molecule is Cc1ccc(F)cc1OCCNCc1ccco1. The minimum Gasteiger partial charge on any atom is -0.492 e. The summed E-state index contributed by atoms with van der Waals surface area (Å²) in [6.45, 7) is 3.73. The number of halogens is 1. The first-order valence-electron chi connectivity index (χ1n) is 5.88. The minimum atomic E-state index is -0.279. The third-order valence-corrected chi connectivity index (χ3v) is 2.57. The van der Waals surface area contributed by atoms with Crippen LogP contribution in [-0.2, 0) is 6.54 Å². The van der Waals surface area contributed by atoms with Gasteiger partial charge >= 0.3 is 0 Å². The van der Waals surface area contributed by atoms with Crippen molar-refractivity contribution in [2.45, 2.75) is 13.5 Å². The summed E-state index contributed by atoms with van der Waals surface area (Å²) in [5, 5.41) is 3.18. The molecular formula is C14H16FNO2. The second-order valence-corrected chi connectivity index (χ2v) is 4.01. The molecule has 1 N–H and O–H groups in total. The highest BCUT2D eigenvalue weighted by Gasteiger charge is 2.01. The number of ether oxygens (including phenoxy) is 1. The van der Waals surface area contributed by atoms with Crippen molar-refractivity contribution in [2.75, 3.05) is 13.2 Å². The highest BCUT2D eigenvalue weighted by Crippen LogP contribution is 2.18. The van der Waals surface area contributed by atoms with Gasteiger partial charge in [0.1, 0.15) is 23.9 Å². The zero-order valence-electron chi connectivity index (χ0n) is 10.3. The molecule has 1 aromatic carbocycles. The van der Waals surface area contributed by atoms with Crippen LogP contribution in [0.1, 0.15) is 11.3 Å². The molecule has 0 atom stereocenters. The number of aryl methyl sites for hydroxylation is 1. The molecule has 0 saturated heterocycles. The third-order valence-electron chi connectivity index (χ3n) is 2.57. The monoisotopic (exact) mass is 249 g/mol. The number of hydrogen-bond donors (Lipinski definition) is 1. The Morgan fingerprint density at radius 2 is 2.22 bits per heavy atom. The first-order valence-corrected chi connectivity index (χ1v) is 5.88. The summed E-state index contributed by atoms with van der Waals surface area (Å²) in [5.74, 6) is 1.20. The Kier molecular flexibility index (Phi) is 4.36. The fourth-order valence-corrected chi connectivity index (χ4v) is 1.59. The van der Waals surface area contributed by atoms with Crippen molar-refractivity contribution in [1.29, 1.82) is 0 Å². The predicted octanol–water partition coefficient (Wildman–Crippen LogP) is 2.90. The molecular weight excluding hydrogens is 233 g/mol. The molecule has 1 heterocycles. The van der Waals surface area contributed by atoms with Gasteiger partial charge in [-0.1, -0.05) is 6.07 Å². The fourth-order valence-electron chi connectivity index (χ4n) is 1.59. The molecule has 2 rings (SSSR count). The maximum absolute atomic E-state index is 13.0. The molecule has 0 fully saturated rings. The second-order valence-electron chi connectivity index (χ2n) is 4.01. The van der Waals surface area contributed by atoms with Crippen molar-refractivity contribution in [3.05, 3.63) is 53.7 Å². The van der Waals surface area contributed by atoms with E-state index in [1.54, 1.807) is 12.3 Å². The quantitative estimate of drug-likeness (QED) is 0.799. The molecule has 0 saturated carbocycles. The highest BCUT2D eigenvalue weighted by molar-refractivity contribution is 5.32. The van der Waals surface area contributed by atoms with Crippen LogP contribution < -0.4 is 10.1 Å². The minimum absolute atomic E-state index is 0.279. The van der Waals surface area contributed by atoms with Gasteiger partial charge in [-0.05, 0) is 30.7 Å². The van der Waals surface area contributed by atoms with Crippen molar-refractivity contribution >= 4 is 0 Å². The van der Waals surface area contributed by atoms with Gasteiger partial charge in [-0.2, -0.15) is 0 Å². The van der Waals surface area contributed by atoms with Gasteiger partial charge in [0.25, 0.3) is 0 Å². The van der Waals surface area contributed by atoms with E-state index >= 15 is 0 Å². The molecule has 0 unspecified atom stereocenters. The Morgan fingerprint density at radius 1 is 1.33 bits per heavy atom. The molecule has 0 aliphatic heterocycles. The molecule has 0 aliphatic carbocycles. The summed E-state index contributed by atoms with van der Waals surface area (Å²) in [6, 6.07) is 8.30. The first-order chi connectivity index (χ1) is 8.75. The standard InChI is InChI=1S/C14H16FNO2/c1-11-4-5-12(15)9-14(11)18-8-6-16-10-13-3-2-7-17-13/h2-5,7,9,16H,6,8,10H2,1H3. The maximum atomic E-state index is 13.0. The van der Waals surface area contributed by atoms with Crippen LogP contribution in [-0.4, -0.2) is 13.2 Å². The number of hydrogen-bond acceptors (Lipinski definition) is 3. The van der Waals surface area contributed by atoms with Gasteiger partial charge in [0.2, 0.25) is 0 Å². The lowest BCUT2D eigenvalue weighted by molar-refractivity contribution is 0.307. The third kappa shape index (κ3) is 3.60. The van der Waals surface area contributed by atoms with E-state index in [9.17, 15) is 4.39 Å². The Bertz CT molecular complexity index is 483. The topological polar surface area (TPSA) is 34.4 Å². The Balaban J connectivity index is 1.70. The van der Waals surface area contributed by atoms with Gasteiger partial charge < -0.3 is 14.5 Å². The molecule has 0 spiro atoms. The summed E-state index contributed by atoms with van der Waals surface area (Å²) >= 11 is 0. The molecule has 96 valence electrons. The molecule has 0 amide bonds. The van der Waals surface area contributed by atoms with Crippen LogP contribution >= 0.6 is 0 Å². The molecule has 2 aromatic rings. The first kappa shape index (κ1) is 12.6. The van der Waals surface area contributed by atoms with Crippen LogP contribution in [0.3, 0.4) is 0 Å². The van der Waals surface area contributed by atoms with E-state index in [-0.39, 0.29) is 5.82 Å². The van der Waals surface area contributed by atoms with Crippen molar-refractivity contribution in [2.24, 2.45) is 0 Å². The lowest BCUT2D eigenvalue weighted by Crippen LogP contribution is -2.20. The number of nitrogens with one attached hydrogen (secondary N) is 1. The van der Waals surface area contributed by atoms with Crippen LogP contribution in [0.15, 0.2) is 41.0 Å². The Morgan fingerprint density at radius 3 is 3.00 bits per heavy atom. The lowest BCUT2D eigenvalue weighted by Gasteiger charge is -2.09. The zero-order chi connectivity index (χ0) is 12.8. The van der Waals surface area contributed by atoms with Crippen LogP contribution in [0.4, 0.5) is 4.39 Å². The van der Waals surface area contributed by atoms with Crippen molar-refractivity contribution in [1.82, 2.24) is 5.32 Å². The van der Waals surface area contributed by atoms with Gasteiger partial charge in [-0.15, -0.1) is 0 Å². The van der Waals surface area contributed by atoms with E-state index in [2.05, 4.69) is 5.32 Å². The van der Waals surface area contributed by atoms with Gasteiger partial charge in [0.15, 0.2) is 0 Å². The molecule has 1 aromatic heterocycles. The molecule has 0 bridgehead atoms. The summed E-state index contributed by atoms with van der Waals surface area (Å²) in [4.78, 5) is 0. The molecule has 4 heteroatoms. The predicted molar refractivity (Wildman–Crippen MR) is 67.0 cm³/mol. The lowest BCUT2D eigenvalue weighted by atomic mass is 10.2. The number of furan rings is 1. The summed E-state index contributed by atoms with van der Waals surface area (Å²) in [6.07, 6.45) is 1.64. The normalized spacial score (nSPS) is 10.6. The van der Waals surface area contributed by atoms with Crippen LogP contribution in [0.2, 0.25) is 0 Å². The van der Waals surface area contributed by atoms with Crippen LogP contribution in [0.5, 0.6) is 5.75 Å². The van der Waals surface area contributed by atoms with Crippen molar-refractivity contribution < 1.29 is 13.5 Å². The Labute approximate surface area is 106 Å². The zero-order valence-corrected chi connectivity index (χ0v) is 10.3. The Hall–Kier alpha value is -1.81. The van der Waals surface area contributed by atoms with Gasteiger partial charge in [-0.3, -0.25) is 0 Å². The average Bonchev–Trinajstić information content (AvgIpc) is 2.86. The van der Waals surface area contributed by atoms with E-state index in [1.165, 1.54) is 12.1 Å². The summed E-state index contributed by atoms with van der Waals surface area (Å²) < 4.78 is 23.7. The van der Waals surface area contributed by atoms with Gasteiger partial charge in [-0.25, -0.2) is 4.39 Å². The molecule has 18 heavy (non-hydrogen) atoms. The number of rotatable bonds is 6. The van der Waals surface area contributed by atoms with Crippen molar-refractivity contribution in [3.63, 3.8) is 0 Å². The number of benzene rings is 1. The smallest absolute Gasteiger partial charge is 0.126 e. The maximum Gasteiger partial charge on any atom is 0.126 e. The van der Waals surface area contributed by atoms with Crippen LogP contribution in [0, 0.1) is 12.7 Å². The average molecular weight is 249 g/mol. The van der Waals surface area contributed by atoms with E-state index in [4.69, 9.17) is 9.15 Å². The second kappa shape index (κ2) is 6.21. The van der Waals surface area contributed by atoms with E-state index in [1.807, 2.05) is 19.1 Å². The van der Waals surface area contributed by atoms with Gasteiger partial charge in [0.05, 0.1) is 12.8 Å². The van der Waals surface area contributed by atoms with E-state index < -0.39 is 0 Å². The molecule has 0 aliphatic rings. The van der Waals surface area contributed by atoms with E-state index in [0.717, 1.165) is 11.3 Å². The van der Waals surface area contributed by atoms with E-state index in [0.29, 0.717) is 25.4 Å². The van der Waals surface area contributed by atoms with Crippen molar-refractivity contribution in [3.8, 4) is 5.75 Å². The largest absolute Gasteiger partial charge is 0.492 e. The van der Waals surface area contributed by atoms with Crippen LogP contribution in [0.25, 0.3) is 0 Å². The summed E-state index contributed by atoms with van der Waals surface area (Å²) in [7, 11) is 0. The highest BCUT2D eigenvalue weighted by atomic mass is 19.1. The van der Waals surface area contributed by atoms with Gasteiger partial charge in [0, 0.05) is 12.6 Å².